The van der Waals surface area contributed by atoms with Gasteiger partial charge in [0, 0.05) is 25.6 Å². The minimum absolute atomic E-state index is 0.189. The molecule has 1 saturated heterocycles. The molecule has 1 amide bonds. The van der Waals surface area contributed by atoms with E-state index in [1.165, 1.54) is 11.1 Å². The number of hydrogen-bond donors (Lipinski definition) is 1. The highest BCUT2D eigenvalue weighted by Gasteiger charge is 2.27. The number of carbonyl (C=O) groups is 1. The lowest BCUT2D eigenvalue weighted by molar-refractivity contribution is -0.130. The molecule has 2 unspecified atom stereocenters. The Morgan fingerprint density at radius 1 is 1.47 bits per heavy atom. The minimum Gasteiger partial charge on any atom is -0.342 e. The van der Waals surface area contributed by atoms with Crippen molar-refractivity contribution < 1.29 is 4.79 Å². The molecule has 0 saturated carbocycles. The van der Waals surface area contributed by atoms with Crippen molar-refractivity contribution in [2.24, 2.45) is 11.7 Å². The zero-order valence-electron chi connectivity index (χ0n) is 11.9. The van der Waals surface area contributed by atoms with Crippen molar-refractivity contribution in [2.75, 3.05) is 13.1 Å². The maximum atomic E-state index is 12.2. The van der Waals surface area contributed by atoms with Gasteiger partial charge in [0.15, 0.2) is 0 Å². The minimum atomic E-state index is 0.189. The fourth-order valence-corrected chi connectivity index (χ4v) is 2.73. The number of nitrogens with two attached hydrogens (primary N) is 1. The topological polar surface area (TPSA) is 46.3 Å². The first-order valence-electron chi connectivity index (χ1n) is 7.16. The fourth-order valence-electron chi connectivity index (χ4n) is 2.73. The SMILES string of the molecule is Cc1ccccc1CCC(=O)N1CCC(C(C)N)C1. The molecular weight excluding hydrogens is 236 g/mol. The Morgan fingerprint density at radius 3 is 2.84 bits per heavy atom. The summed E-state index contributed by atoms with van der Waals surface area (Å²) in [6.45, 7) is 5.84. The van der Waals surface area contributed by atoms with Gasteiger partial charge in [0.2, 0.25) is 5.91 Å². The van der Waals surface area contributed by atoms with Gasteiger partial charge in [0.1, 0.15) is 0 Å². The van der Waals surface area contributed by atoms with Crippen LogP contribution in [-0.4, -0.2) is 29.9 Å². The van der Waals surface area contributed by atoms with Crippen molar-refractivity contribution in [3.8, 4) is 0 Å². The molecule has 2 atom stereocenters. The summed E-state index contributed by atoms with van der Waals surface area (Å²) in [5.74, 6) is 0.744. The zero-order valence-corrected chi connectivity index (χ0v) is 11.9. The molecule has 2 N–H and O–H groups in total. The molecule has 104 valence electrons. The van der Waals surface area contributed by atoms with E-state index in [2.05, 4.69) is 19.1 Å². The van der Waals surface area contributed by atoms with Crippen molar-refractivity contribution >= 4 is 5.91 Å². The maximum Gasteiger partial charge on any atom is 0.222 e. The highest BCUT2D eigenvalue weighted by atomic mass is 16.2. The summed E-state index contributed by atoms with van der Waals surface area (Å²) >= 11 is 0. The molecule has 0 spiro atoms. The quantitative estimate of drug-likeness (QED) is 0.901. The van der Waals surface area contributed by atoms with E-state index in [-0.39, 0.29) is 11.9 Å². The monoisotopic (exact) mass is 260 g/mol. The van der Waals surface area contributed by atoms with Crippen LogP contribution in [0, 0.1) is 12.8 Å². The molecular formula is C16H24N2O. The van der Waals surface area contributed by atoms with Gasteiger partial charge >= 0.3 is 0 Å². The van der Waals surface area contributed by atoms with E-state index >= 15 is 0 Å². The van der Waals surface area contributed by atoms with Gasteiger partial charge in [0.25, 0.3) is 0 Å². The van der Waals surface area contributed by atoms with Gasteiger partial charge in [-0.3, -0.25) is 4.79 Å². The van der Waals surface area contributed by atoms with Gasteiger partial charge in [-0.1, -0.05) is 24.3 Å². The number of amides is 1. The lowest BCUT2D eigenvalue weighted by Crippen LogP contribution is -2.33. The van der Waals surface area contributed by atoms with E-state index in [1.807, 2.05) is 24.0 Å². The van der Waals surface area contributed by atoms with E-state index in [9.17, 15) is 4.79 Å². The predicted octanol–water partition coefficient (Wildman–Crippen LogP) is 2.12. The van der Waals surface area contributed by atoms with Crippen LogP contribution in [0.25, 0.3) is 0 Å². The first-order chi connectivity index (χ1) is 9.08. The Balaban J connectivity index is 1.84. The maximum absolute atomic E-state index is 12.2. The number of likely N-dealkylation sites (tertiary alicyclic amines) is 1. The van der Waals surface area contributed by atoms with Crippen LogP contribution in [0.3, 0.4) is 0 Å². The third-order valence-corrected chi connectivity index (χ3v) is 4.19. The van der Waals surface area contributed by atoms with Crippen LogP contribution in [0.1, 0.15) is 30.9 Å². The van der Waals surface area contributed by atoms with Gasteiger partial charge in [-0.15, -0.1) is 0 Å². The van der Waals surface area contributed by atoms with E-state index in [0.29, 0.717) is 12.3 Å². The molecule has 0 aliphatic carbocycles. The summed E-state index contributed by atoms with van der Waals surface area (Å²) < 4.78 is 0. The van der Waals surface area contributed by atoms with Gasteiger partial charge in [-0.05, 0) is 43.7 Å². The van der Waals surface area contributed by atoms with Crippen LogP contribution >= 0.6 is 0 Å². The van der Waals surface area contributed by atoms with Crippen molar-refractivity contribution in [1.82, 2.24) is 4.90 Å². The summed E-state index contributed by atoms with van der Waals surface area (Å²) in [7, 11) is 0. The van der Waals surface area contributed by atoms with E-state index < -0.39 is 0 Å². The van der Waals surface area contributed by atoms with Crippen molar-refractivity contribution in [2.45, 2.75) is 39.2 Å². The molecule has 19 heavy (non-hydrogen) atoms. The van der Waals surface area contributed by atoms with Crippen LogP contribution in [0.15, 0.2) is 24.3 Å². The Morgan fingerprint density at radius 2 is 2.21 bits per heavy atom. The largest absolute Gasteiger partial charge is 0.342 e. The van der Waals surface area contributed by atoms with Crippen LogP contribution in [0.2, 0.25) is 0 Å². The summed E-state index contributed by atoms with van der Waals surface area (Å²) in [4.78, 5) is 14.2. The third-order valence-electron chi connectivity index (χ3n) is 4.19. The number of aryl methyl sites for hydroxylation is 2. The average Bonchev–Trinajstić information content (AvgIpc) is 2.87. The van der Waals surface area contributed by atoms with Crippen molar-refractivity contribution in [3.05, 3.63) is 35.4 Å². The Bertz CT molecular complexity index is 442. The lowest BCUT2D eigenvalue weighted by Gasteiger charge is -2.18. The lowest BCUT2D eigenvalue weighted by atomic mass is 10.0. The van der Waals surface area contributed by atoms with Crippen molar-refractivity contribution in [3.63, 3.8) is 0 Å². The third kappa shape index (κ3) is 3.57. The molecule has 1 aliphatic rings. The van der Waals surface area contributed by atoms with Gasteiger partial charge < -0.3 is 10.6 Å². The Labute approximate surface area is 115 Å². The average molecular weight is 260 g/mol. The molecule has 3 heteroatoms. The van der Waals surface area contributed by atoms with Crippen molar-refractivity contribution in [1.29, 1.82) is 0 Å². The van der Waals surface area contributed by atoms with E-state index in [4.69, 9.17) is 5.73 Å². The predicted molar refractivity (Wildman–Crippen MR) is 77.8 cm³/mol. The van der Waals surface area contributed by atoms with Gasteiger partial charge in [0.05, 0.1) is 0 Å². The molecule has 1 heterocycles. The highest BCUT2D eigenvalue weighted by Crippen LogP contribution is 2.20. The number of rotatable bonds is 4. The first kappa shape index (κ1) is 14.1. The number of carbonyl (C=O) groups excluding carboxylic acids is 1. The molecule has 0 aromatic heterocycles. The standard InChI is InChI=1S/C16H24N2O/c1-12-5-3-4-6-14(12)7-8-16(19)18-10-9-15(11-18)13(2)17/h3-6,13,15H,7-11,17H2,1-2H3. The molecule has 0 bridgehead atoms. The molecule has 1 aromatic rings. The van der Waals surface area contributed by atoms with Crippen LogP contribution in [0.5, 0.6) is 0 Å². The number of hydrogen-bond acceptors (Lipinski definition) is 2. The number of nitrogens with zero attached hydrogens (tertiary/aromatic N) is 1. The molecule has 2 rings (SSSR count). The fraction of sp³-hybridized carbons (Fsp3) is 0.562. The summed E-state index contributed by atoms with van der Waals surface area (Å²) in [5.41, 5.74) is 8.45. The highest BCUT2D eigenvalue weighted by molar-refractivity contribution is 5.76. The molecule has 1 aromatic carbocycles. The van der Waals surface area contributed by atoms with Crippen LogP contribution in [0.4, 0.5) is 0 Å². The van der Waals surface area contributed by atoms with E-state index in [1.54, 1.807) is 0 Å². The molecule has 0 radical (unpaired) electrons. The summed E-state index contributed by atoms with van der Waals surface area (Å²) in [5, 5.41) is 0. The second-order valence-corrected chi connectivity index (χ2v) is 5.67. The smallest absolute Gasteiger partial charge is 0.222 e. The number of benzene rings is 1. The van der Waals surface area contributed by atoms with Crippen LogP contribution in [-0.2, 0) is 11.2 Å². The summed E-state index contributed by atoms with van der Waals surface area (Å²) in [6, 6.07) is 8.47. The first-order valence-corrected chi connectivity index (χ1v) is 7.16. The normalized spacial score (nSPS) is 20.6. The van der Waals surface area contributed by atoms with Gasteiger partial charge in [-0.2, -0.15) is 0 Å². The Hall–Kier alpha value is -1.35. The second-order valence-electron chi connectivity index (χ2n) is 5.67. The second kappa shape index (κ2) is 6.20. The van der Waals surface area contributed by atoms with Gasteiger partial charge in [-0.25, -0.2) is 0 Å². The molecule has 1 aliphatic heterocycles. The Kier molecular flexibility index (Phi) is 4.59. The summed E-state index contributed by atoms with van der Waals surface area (Å²) in [6.07, 6.45) is 2.50. The zero-order chi connectivity index (χ0) is 13.8. The molecule has 3 nitrogen and oxygen atoms in total. The van der Waals surface area contributed by atoms with E-state index in [0.717, 1.165) is 25.9 Å². The molecule has 1 fully saturated rings. The van der Waals surface area contributed by atoms with Crippen LogP contribution < -0.4 is 5.73 Å².